The van der Waals surface area contributed by atoms with Gasteiger partial charge in [0.25, 0.3) is 0 Å². The van der Waals surface area contributed by atoms with Crippen LogP contribution in [0.3, 0.4) is 0 Å². The van der Waals surface area contributed by atoms with E-state index in [9.17, 15) is 19.8 Å². The van der Waals surface area contributed by atoms with Gasteiger partial charge in [0.1, 0.15) is 6.10 Å². The first-order valence-corrected chi connectivity index (χ1v) is 12.2. The number of aliphatic hydroxyl groups is 2. The van der Waals surface area contributed by atoms with Crippen LogP contribution in [0.5, 0.6) is 0 Å². The Morgan fingerprint density at radius 3 is 2.74 bits per heavy atom. The zero-order chi connectivity index (χ0) is 22.3. The third-order valence-corrected chi connectivity index (χ3v) is 7.80. The molecule has 3 rings (SSSR count). The molecule has 1 aromatic rings. The lowest BCUT2D eigenvalue weighted by Crippen LogP contribution is -2.42. The maximum atomic E-state index is 12.4. The fraction of sp³-hybridized carbons (Fsp3) is 0.600. The van der Waals surface area contributed by atoms with Crippen molar-refractivity contribution in [2.45, 2.75) is 76.4 Å². The molecule has 5 nitrogen and oxygen atoms in total. The Hall–Kier alpha value is -1.76. The predicted octanol–water partition coefficient (Wildman–Crippen LogP) is 4.54. The fourth-order valence-corrected chi connectivity index (χ4v) is 5.74. The van der Waals surface area contributed by atoms with Gasteiger partial charge in [0.2, 0.25) is 0 Å². The van der Waals surface area contributed by atoms with Crippen molar-refractivity contribution >= 4 is 23.1 Å². The van der Waals surface area contributed by atoms with Crippen LogP contribution in [0.25, 0.3) is 0 Å². The zero-order valence-corrected chi connectivity index (χ0v) is 18.8. The highest BCUT2D eigenvalue weighted by Crippen LogP contribution is 2.48. The van der Waals surface area contributed by atoms with E-state index in [1.165, 1.54) is 4.88 Å². The number of ketones is 1. The monoisotopic (exact) mass is 446 g/mol. The minimum Gasteiger partial charge on any atom is -0.481 e. The van der Waals surface area contributed by atoms with Crippen LogP contribution < -0.4 is 0 Å². The van der Waals surface area contributed by atoms with Crippen LogP contribution in [-0.2, 0) is 16.0 Å². The molecule has 0 amide bonds. The van der Waals surface area contributed by atoms with E-state index in [2.05, 4.69) is 17.5 Å². The van der Waals surface area contributed by atoms with Crippen molar-refractivity contribution in [2.24, 2.45) is 17.3 Å². The summed E-state index contributed by atoms with van der Waals surface area (Å²) >= 11 is 1.74. The van der Waals surface area contributed by atoms with Gasteiger partial charge in [-0.3, -0.25) is 9.59 Å². The van der Waals surface area contributed by atoms with Crippen LogP contribution in [-0.4, -0.2) is 39.3 Å². The molecule has 2 unspecified atom stereocenters. The number of carboxylic acids is 1. The Kier molecular flexibility index (Phi) is 8.64. The van der Waals surface area contributed by atoms with Gasteiger partial charge < -0.3 is 15.3 Å². The molecule has 0 radical (unpaired) electrons. The molecule has 4 atom stereocenters. The predicted molar refractivity (Wildman–Crippen MR) is 122 cm³/mol. The summed E-state index contributed by atoms with van der Waals surface area (Å²) in [6, 6.07) is 4.18. The first-order chi connectivity index (χ1) is 14.9. The van der Waals surface area contributed by atoms with E-state index in [1.54, 1.807) is 11.3 Å². The molecule has 2 aliphatic rings. The molecule has 2 saturated carbocycles. The number of thiophene rings is 1. The maximum Gasteiger partial charge on any atom is 0.303 e. The number of carbonyl (C=O) groups is 2. The number of allylic oxidation sites excluding steroid dienone is 3. The number of rotatable bonds is 12. The Bertz CT molecular complexity index is 778. The van der Waals surface area contributed by atoms with E-state index in [-0.39, 0.29) is 29.5 Å². The van der Waals surface area contributed by atoms with Gasteiger partial charge in [0, 0.05) is 22.6 Å². The SMILES string of the molecule is O=C(O)CCCC=CC[C@@H]1CC(O)C(=O)[C@H]1C=CCC(O)C1(Cc2cccs2)CCC1. The molecule has 0 bridgehead atoms. The summed E-state index contributed by atoms with van der Waals surface area (Å²) in [7, 11) is 0. The summed E-state index contributed by atoms with van der Waals surface area (Å²) in [6.07, 6.45) is 13.7. The molecule has 6 heteroatoms. The number of hydrogen-bond donors (Lipinski definition) is 3. The third-order valence-electron chi connectivity index (χ3n) is 6.92. The second-order valence-corrected chi connectivity index (χ2v) is 10.1. The molecule has 170 valence electrons. The van der Waals surface area contributed by atoms with Crippen LogP contribution in [0, 0.1) is 17.3 Å². The number of carbonyl (C=O) groups excluding carboxylic acids is 1. The summed E-state index contributed by atoms with van der Waals surface area (Å²) in [5.41, 5.74) is -0.0491. The van der Waals surface area contributed by atoms with E-state index in [1.807, 2.05) is 24.3 Å². The number of aliphatic hydroxyl groups excluding tert-OH is 2. The first-order valence-electron chi connectivity index (χ1n) is 11.4. The average molecular weight is 447 g/mol. The first kappa shape index (κ1) is 23.9. The van der Waals surface area contributed by atoms with Gasteiger partial charge in [-0.05, 0) is 68.7 Å². The van der Waals surface area contributed by atoms with Crippen molar-refractivity contribution in [3.63, 3.8) is 0 Å². The van der Waals surface area contributed by atoms with Crippen LogP contribution in [0.4, 0.5) is 0 Å². The van der Waals surface area contributed by atoms with E-state index < -0.39 is 18.2 Å². The van der Waals surface area contributed by atoms with Crippen LogP contribution in [0.2, 0.25) is 0 Å². The molecule has 2 aliphatic carbocycles. The van der Waals surface area contributed by atoms with Crippen molar-refractivity contribution in [2.75, 3.05) is 0 Å². The Morgan fingerprint density at radius 1 is 1.29 bits per heavy atom. The van der Waals surface area contributed by atoms with E-state index in [0.29, 0.717) is 32.1 Å². The Labute approximate surface area is 188 Å². The van der Waals surface area contributed by atoms with Crippen molar-refractivity contribution in [1.29, 1.82) is 0 Å². The van der Waals surface area contributed by atoms with Gasteiger partial charge in [0.05, 0.1) is 6.10 Å². The molecule has 0 aromatic carbocycles. The molecular formula is C25H34O5S. The fourth-order valence-electron chi connectivity index (χ4n) is 4.88. The normalized spacial score (nSPS) is 26.5. The smallest absolute Gasteiger partial charge is 0.303 e. The Balaban J connectivity index is 1.51. The largest absolute Gasteiger partial charge is 0.481 e. The number of Topliss-reactive ketones (excluding diaryl/α,β-unsaturated/α-hetero) is 1. The quantitative estimate of drug-likeness (QED) is 0.324. The van der Waals surface area contributed by atoms with E-state index >= 15 is 0 Å². The molecule has 2 fully saturated rings. The lowest BCUT2D eigenvalue weighted by atomic mass is 9.62. The second kappa shape index (κ2) is 11.2. The van der Waals surface area contributed by atoms with Gasteiger partial charge >= 0.3 is 5.97 Å². The number of hydrogen-bond acceptors (Lipinski definition) is 5. The Morgan fingerprint density at radius 2 is 2.10 bits per heavy atom. The highest BCUT2D eigenvalue weighted by molar-refractivity contribution is 7.09. The van der Waals surface area contributed by atoms with Gasteiger partial charge in [-0.1, -0.05) is 36.8 Å². The van der Waals surface area contributed by atoms with Crippen LogP contribution in [0.15, 0.2) is 41.8 Å². The number of aliphatic carboxylic acids is 1. The van der Waals surface area contributed by atoms with Crippen LogP contribution in [0.1, 0.15) is 62.7 Å². The van der Waals surface area contributed by atoms with Gasteiger partial charge in [-0.15, -0.1) is 11.3 Å². The van der Waals surface area contributed by atoms with Gasteiger partial charge in [0.15, 0.2) is 5.78 Å². The third kappa shape index (κ3) is 6.37. The standard InChI is InChI=1S/C25H34O5S/c26-21-16-18(8-3-1-2-4-12-23(28)29)20(24(21)30)10-5-11-22(27)25(13-7-14-25)17-19-9-6-15-31-19/h1,3,5-6,9-10,15,18,20-22,26-27H,2,4,7-8,11-14,16-17H2,(H,28,29)/t18-,20+,21?,22?/m1/s1. The summed E-state index contributed by atoms with van der Waals surface area (Å²) in [4.78, 5) is 24.3. The molecular weight excluding hydrogens is 412 g/mol. The minimum atomic E-state index is -0.915. The van der Waals surface area contributed by atoms with Gasteiger partial charge in [-0.25, -0.2) is 0 Å². The topological polar surface area (TPSA) is 94.8 Å². The molecule has 1 heterocycles. The highest BCUT2D eigenvalue weighted by Gasteiger charge is 2.43. The van der Waals surface area contributed by atoms with E-state index in [0.717, 1.165) is 25.7 Å². The van der Waals surface area contributed by atoms with Crippen molar-refractivity contribution in [3.8, 4) is 0 Å². The average Bonchev–Trinajstić information content (AvgIpc) is 3.30. The van der Waals surface area contributed by atoms with Gasteiger partial charge in [-0.2, -0.15) is 0 Å². The number of unbranched alkanes of at least 4 members (excludes halogenated alkanes) is 1. The highest BCUT2D eigenvalue weighted by atomic mass is 32.1. The van der Waals surface area contributed by atoms with Crippen molar-refractivity contribution in [3.05, 3.63) is 46.7 Å². The molecule has 0 saturated heterocycles. The molecule has 31 heavy (non-hydrogen) atoms. The second-order valence-electron chi connectivity index (χ2n) is 9.08. The molecule has 0 aliphatic heterocycles. The van der Waals surface area contributed by atoms with Crippen LogP contribution >= 0.6 is 11.3 Å². The lowest BCUT2D eigenvalue weighted by Gasteiger charge is -2.45. The maximum absolute atomic E-state index is 12.4. The molecule has 1 aromatic heterocycles. The zero-order valence-electron chi connectivity index (χ0n) is 18.0. The van der Waals surface area contributed by atoms with Crippen molar-refractivity contribution < 1.29 is 24.9 Å². The summed E-state index contributed by atoms with van der Waals surface area (Å²) in [6.45, 7) is 0. The summed E-state index contributed by atoms with van der Waals surface area (Å²) < 4.78 is 0. The van der Waals surface area contributed by atoms with Crippen molar-refractivity contribution in [1.82, 2.24) is 0 Å². The minimum absolute atomic E-state index is 0.0491. The van der Waals surface area contributed by atoms with E-state index in [4.69, 9.17) is 5.11 Å². The summed E-state index contributed by atoms with van der Waals surface area (Å²) in [5.74, 6) is -1.19. The summed E-state index contributed by atoms with van der Waals surface area (Å²) in [5, 5.41) is 31.7. The number of carboxylic acid groups (broad SMARTS) is 1. The molecule has 3 N–H and O–H groups in total. The lowest BCUT2D eigenvalue weighted by molar-refractivity contribution is -0.137. The molecule has 0 spiro atoms.